The highest BCUT2D eigenvalue weighted by molar-refractivity contribution is 9.10. The van der Waals surface area contributed by atoms with Crippen LogP contribution >= 0.6 is 15.9 Å². The molecule has 1 N–H and O–H groups in total. The molecule has 0 amide bonds. The van der Waals surface area contributed by atoms with E-state index in [0.717, 1.165) is 37.2 Å². The van der Waals surface area contributed by atoms with Crippen LogP contribution < -0.4 is 5.32 Å². The zero-order valence-corrected chi connectivity index (χ0v) is 14.7. The first-order valence-corrected chi connectivity index (χ1v) is 8.77. The summed E-state index contributed by atoms with van der Waals surface area (Å²) in [5.74, 6) is 0. The van der Waals surface area contributed by atoms with E-state index < -0.39 is 0 Å². The van der Waals surface area contributed by atoms with Gasteiger partial charge in [-0.1, -0.05) is 35.0 Å². The molecule has 1 aromatic rings. The van der Waals surface area contributed by atoms with Crippen LogP contribution in [0.15, 0.2) is 28.7 Å². The van der Waals surface area contributed by atoms with Crippen LogP contribution in [0.5, 0.6) is 0 Å². The van der Waals surface area contributed by atoms with Gasteiger partial charge in [-0.05, 0) is 57.1 Å². The molecule has 0 spiro atoms. The van der Waals surface area contributed by atoms with E-state index in [2.05, 4.69) is 64.4 Å². The van der Waals surface area contributed by atoms with Crippen LogP contribution in [0.4, 0.5) is 0 Å². The summed E-state index contributed by atoms with van der Waals surface area (Å²) < 4.78 is 6.61. The third kappa shape index (κ3) is 5.37. The molecule has 1 saturated heterocycles. The van der Waals surface area contributed by atoms with Gasteiger partial charge in [0.15, 0.2) is 0 Å². The summed E-state index contributed by atoms with van der Waals surface area (Å²) in [6.45, 7) is 6.12. The summed E-state index contributed by atoms with van der Waals surface area (Å²) in [6, 6.07) is 9.75. The Morgan fingerprint density at radius 1 is 1.38 bits per heavy atom. The Morgan fingerprint density at radius 2 is 2.14 bits per heavy atom. The van der Waals surface area contributed by atoms with Crippen molar-refractivity contribution in [1.82, 2.24) is 10.2 Å². The van der Waals surface area contributed by atoms with Gasteiger partial charge in [0.25, 0.3) is 0 Å². The van der Waals surface area contributed by atoms with Gasteiger partial charge in [-0.2, -0.15) is 0 Å². The van der Waals surface area contributed by atoms with E-state index in [-0.39, 0.29) is 0 Å². The lowest BCUT2D eigenvalue weighted by Gasteiger charge is -2.32. The zero-order chi connectivity index (χ0) is 15.1. The fourth-order valence-corrected chi connectivity index (χ4v) is 3.41. The SMILES string of the molecule is CCNC(CCN(C)C1CCOCC1)c1cccc(Br)c1. The highest BCUT2D eigenvalue weighted by atomic mass is 79.9. The molecule has 0 bridgehead atoms. The maximum atomic E-state index is 5.45. The first-order valence-electron chi connectivity index (χ1n) is 7.97. The summed E-state index contributed by atoms with van der Waals surface area (Å²) in [5.41, 5.74) is 1.37. The largest absolute Gasteiger partial charge is 0.381 e. The Balaban J connectivity index is 1.90. The predicted octanol–water partition coefficient (Wildman–Crippen LogP) is 3.60. The number of nitrogens with zero attached hydrogens (tertiary/aromatic N) is 1. The lowest BCUT2D eigenvalue weighted by molar-refractivity contribution is 0.0419. The highest BCUT2D eigenvalue weighted by Crippen LogP contribution is 2.22. The van der Waals surface area contributed by atoms with Gasteiger partial charge in [0.1, 0.15) is 0 Å². The van der Waals surface area contributed by atoms with Gasteiger partial charge in [-0.3, -0.25) is 0 Å². The molecule has 0 aromatic heterocycles. The molecule has 1 unspecified atom stereocenters. The number of rotatable bonds is 7. The minimum absolute atomic E-state index is 0.426. The molecule has 1 fully saturated rings. The summed E-state index contributed by atoms with van der Waals surface area (Å²) in [6.07, 6.45) is 3.47. The van der Waals surface area contributed by atoms with E-state index in [0.29, 0.717) is 12.1 Å². The van der Waals surface area contributed by atoms with Crippen molar-refractivity contribution in [3.63, 3.8) is 0 Å². The van der Waals surface area contributed by atoms with Crippen molar-refractivity contribution in [2.45, 2.75) is 38.3 Å². The Morgan fingerprint density at radius 3 is 2.81 bits per heavy atom. The minimum atomic E-state index is 0.426. The van der Waals surface area contributed by atoms with Crippen molar-refractivity contribution in [1.29, 1.82) is 0 Å². The molecule has 1 atom stereocenters. The van der Waals surface area contributed by atoms with Gasteiger partial charge in [-0.25, -0.2) is 0 Å². The first-order chi connectivity index (χ1) is 10.2. The molecule has 1 heterocycles. The Kier molecular flexibility index (Phi) is 7.17. The maximum absolute atomic E-state index is 5.45. The molecule has 0 saturated carbocycles. The Labute approximate surface area is 137 Å². The van der Waals surface area contributed by atoms with Crippen molar-refractivity contribution in [2.24, 2.45) is 0 Å². The van der Waals surface area contributed by atoms with Crippen LogP contribution in [-0.4, -0.2) is 44.3 Å². The molecule has 4 heteroatoms. The Hall–Kier alpha value is -0.420. The number of hydrogen-bond acceptors (Lipinski definition) is 3. The molecule has 21 heavy (non-hydrogen) atoms. The van der Waals surface area contributed by atoms with Crippen LogP contribution in [0, 0.1) is 0 Å². The van der Waals surface area contributed by atoms with Crippen LogP contribution in [0.25, 0.3) is 0 Å². The molecule has 1 aromatic carbocycles. The molecular weight excluding hydrogens is 328 g/mol. The smallest absolute Gasteiger partial charge is 0.0480 e. The van der Waals surface area contributed by atoms with Gasteiger partial charge >= 0.3 is 0 Å². The van der Waals surface area contributed by atoms with E-state index in [4.69, 9.17) is 4.74 Å². The van der Waals surface area contributed by atoms with Gasteiger partial charge < -0.3 is 15.0 Å². The van der Waals surface area contributed by atoms with Crippen molar-refractivity contribution in [2.75, 3.05) is 33.4 Å². The second-order valence-electron chi connectivity index (χ2n) is 5.78. The molecular formula is C17H27BrN2O. The average Bonchev–Trinajstić information content (AvgIpc) is 2.52. The summed E-state index contributed by atoms with van der Waals surface area (Å²) in [5, 5.41) is 3.61. The highest BCUT2D eigenvalue weighted by Gasteiger charge is 2.19. The van der Waals surface area contributed by atoms with Crippen LogP contribution in [0.3, 0.4) is 0 Å². The van der Waals surface area contributed by atoms with Crippen molar-refractivity contribution >= 4 is 15.9 Å². The standard InChI is InChI=1S/C17H27BrN2O/c1-3-19-17(14-5-4-6-15(18)13-14)7-10-20(2)16-8-11-21-12-9-16/h4-6,13,16-17,19H,3,7-12H2,1-2H3. The third-order valence-electron chi connectivity index (χ3n) is 4.29. The first kappa shape index (κ1) is 16.9. The van der Waals surface area contributed by atoms with E-state index in [1.54, 1.807) is 0 Å². The van der Waals surface area contributed by atoms with Gasteiger partial charge in [0.05, 0.1) is 0 Å². The lowest BCUT2D eigenvalue weighted by atomic mass is 10.0. The van der Waals surface area contributed by atoms with E-state index in [9.17, 15) is 0 Å². The number of ether oxygens (including phenoxy) is 1. The molecule has 3 nitrogen and oxygen atoms in total. The van der Waals surface area contributed by atoms with Crippen molar-refractivity contribution in [3.8, 4) is 0 Å². The molecule has 118 valence electrons. The predicted molar refractivity (Wildman–Crippen MR) is 91.6 cm³/mol. The normalized spacial score (nSPS) is 18.1. The van der Waals surface area contributed by atoms with Crippen molar-refractivity contribution < 1.29 is 4.74 Å². The fraction of sp³-hybridized carbons (Fsp3) is 0.647. The number of halogens is 1. The van der Waals surface area contributed by atoms with Gasteiger partial charge in [0.2, 0.25) is 0 Å². The summed E-state index contributed by atoms with van der Waals surface area (Å²) in [4.78, 5) is 2.50. The number of nitrogens with one attached hydrogen (secondary N) is 1. The second kappa shape index (κ2) is 8.89. The quantitative estimate of drug-likeness (QED) is 0.809. The van der Waals surface area contributed by atoms with Crippen molar-refractivity contribution in [3.05, 3.63) is 34.3 Å². The fourth-order valence-electron chi connectivity index (χ4n) is 3.00. The van der Waals surface area contributed by atoms with E-state index >= 15 is 0 Å². The third-order valence-corrected chi connectivity index (χ3v) is 4.78. The zero-order valence-electron chi connectivity index (χ0n) is 13.1. The second-order valence-corrected chi connectivity index (χ2v) is 6.69. The molecule has 1 aliphatic rings. The van der Waals surface area contributed by atoms with Crippen LogP contribution in [-0.2, 0) is 4.74 Å². The Bertz CT molecular complexity index is 421. The summed E-state index contributed by atoms with van der Waals surface area (Å²) >= 11 is 3.57. The topological polar surface area (TPSA) is 24.5 Å². The molecule has 2 rings (SSSR count). The monoisotopic (exact) mass is 354 g/mol. The van der Waals surface area contributed by atoms with E-state index in [1.807, 2.05) is 0 Å². The molecule has 0 radical (unpaired) electrons. The molecule has 0 aliphatic carbocycles. The lowest BCUT2D eigenvalue weighted by Crippen LogP contribution is -2.38. The molecule has 1 aliphatic heterocycles. The number of hydrogen-bond donors (Lipinski definition) is 1. The minimum Gasteiger partial charge on any atom is -0.381 e. The average molecular weight is 355 g/mol. The summed E-state index contributed by atoms with van der Waals surface area (Å²) in [7, 11) is 2.25. The van der Waals surface area contributed by atoms with Crippen LogP contribution in [0.2, 0.25) is 0 Å². The van der Waals surface area contributed by atoms with Gasteiger partial charge in [0, 0.05) is 29.8 Å². The van der Waals surface area contributed by atoms with Gasteiger partial charge in [-0.15, -0.1) is 0 Å². The van der Waals surface area contributed by atoms with E-state index in [1.165, 1.54) is 18.4 Å². The van der Waals surface area contributed by atoms with Crippen LogP contribution in [0.1, 0.15) is 37.8 Å². The maximum Gasteiger partial charge on any atom is 0.0480 e. The number of benzene rings is 1.